The molecule has 2 heterocycles. The van der Waals surface area contributed by atoms with Crippen LogP contribution in [0.1, 0.15) is 34.1 Å². The minimum absolute atomic E-state index is 0.0880. The molecule has 0 amide bonds. The summed E-state index contributed by atoms with van der Waals surface area (Å²) in [6.45, 7) is 9.49. The Labute approximate surface area is 98.9 Å². The summed E-state index contributed by atoms with van der Waals surface area (Å²) in [5.41, 5.74) is -0.427. The first-order valence-corrected chi connectivity index (χ1v) is 6.06. The Morgan fingerprint density at radius 2 is 1.75 bits per heavy atom. The smallest absolute Gasteiger partial charge is 0.403 e. The maximum Gasteiger partial charge on any atom is 0.465 e. The molecule has 16 heavy (non-hydrogen) atoms. The number of hydrogen-bond donors (Lipinski definition) is 0. The van der Waals surface area contributed by atoms with Gasteiger partial charge in [-0.25, -0.2) is 0 Å². The van der Waals surface area contributed by atoms with Crippen LogP contribution < -0.4 is 0 Å². The fraction of sp³-hybridized carbons (Fsp3) is 0.833. The Balaban J connectivity index is 2.06. The average Bonchev–Trinajstić information content (AvgIpc) is 2.37. The highest BCUT2D eigenvalue weighted by Crippen LogP contribution is 2.41. The van der Waals surface area contributed by atoms with Gasteiger partial charge in [-0.05, 0) is 40.3 Å². The van der Waals surface area contributed by atoms with E-state index in [1.54, 1.807) is 0 Å². The molecule has 2 rings (SSSR count). The Hall–Kier alpha value is -0.475. The van der Waals surface area contributed by atoms with Gasteiger partial charge in [-0.15, -0.1) is 0 Å². The van der Waals surface area contributed by atoms with Crippen LogP contribution in [0.3, 0.4) is 0 Å². The first-order chi connectivity index (χ1) is 7.32. The van der Waals surface area contributed by atoms with Crippen LogP contribution >= 0.6 is 0 Å². The summed E-state index contributed by atoms with van der Waals surface area (Å²) in [5.74, 6) is 0.386. The number of allylic oxidation sites excluding steroid dienone is 1. The second-order valence-corrected chi connectivity index (χ2v) is 5.90. The molecule has 0 bridgehead atoms. The van der Waals surface area contributed by atoms with E-state index in [1.165, 1.54) is 0 Å². The van der Waals surface area contributed by atoms with Crippen LogP contribution in [0.25, 0.3) is 0 Å². The molecule has 0 saturated carbocycles. The lowest BCUT2D eigenvalue weighted by molar-refractivity contribution is 0.00578. The zero-order chi connectivity index (χ0) is 12.0. The van der Waals surface area contributed by atoms with Gasteiger partial charge in [0.1, 0.15) is 0 Å². The van der Waals surface area contributed by atoms with Gasteiger partial charge in [0.2, 0.25) is 0 Å². The van der Waals surface area contributed by atoms with Crippen molar-refractivity contribution in [2.75, 3.05) is 13.6 Å². The summed E-state index contributed by atoms with van der Waals surface area (Å²) in [6, 6.07) is 0. The second kappa shape index (κ2) is 3.78. The molecule has 3 nitrogen and oxygen atoms in total. The quantitative estimate of drug-likeness (QED) is 0.636. The molecule has 90 valence electrons. The lowest BCUT2D eigenvalue weighted by atomic mass is 9.69. The van der Waals surface area contributed by atoms with Crippen molar-refractivity contribution in [3.05, 3.63) is 12.3 Å². The topological polar surface area (TPSA) is 21.7 Å². The maximum atomic E-state index is 6.05. The normalized spacial score (nSPS) is 32.2. The Morgan fingerprint density at radius 1 is 1.19 bits per heavy atom. The minimum atomic E-state index is -0.213. The van der Waals surface area contributed by atoms with Gasteiger partial charge in [-0.1, -0.05) is 6.08 Å². The first kappa shape index (κ1) is 12.0. The molecule has 0 radical (unpaired) electrons. The zero-order valence-electron chi connectivity index (χ0n) is 11.0. The van der Waals surface area contributed by atoms with Crippen LogP contribution in [0.4, 0.5) is 0 Å². The molecule has 1 atom stereocenters. The minimum Gasteiger partial charge on any atom is -0.403 e. The van der Waals surface area contributed by atoms with E-state index in [-0.39, 0.29) is 18.3 Å². The van der Waals surface area contributed by atoms with E-state index in [0.29, 0.717) is 5.82 Å². The third-order valence-corrected chi connectivity index (χ3v) is 4.02. The van der Waals surface area contributed by atoms with Crippen molar-refractivity contribution in [1.82, 2.24) is 4.90 Å². The van der Waals surface area contributed by atoms with Crippen LogP contribution in [0.5, 0.6) is 0 Å². The van der Waals surface area contributed by atoms with E-state index in [9.17, 15) is 0 Å². The molecule has 1 saturated heterocycles. The summed E-state index contributed by atoms with van der Waals surface area (Å²) in [5, 5.41) is 0. The van der Waals surface area contributed by atoms with E-state index in [2.05, 4.69) is 51.9 Å². The van der Waals surface area contributed by atoms with Crippen molar-refractivity contribution in [1.29, 1.82) is 0 Å². The first-order valence-electron chi connectivity index (χ1n) is 6.06. The van der Waals surface area contributed by atoms with Crippen LogP contribution in [0.15, 0.2) is 12.3 Å². The van der Waals surface area contributed by atoms with Crippen molar-refractivity contribution in [3.8, 4) is 0 Å². The fourth-order valence-corrected chi connectivity index (χ4v) is 2.07. The summed E-state index contributed by atoms with van der Waals surface area (Å²) >= 11 is 0. The molecule has 0 aliphatic carbocycles. The van der Waals surface area contributed by atoms with E-state index in [1.807, 2.05) is 0 Å². The standard InChI is InChI=1S/C12H22BNO2/c1-11(2)12(3,4)16-13(15-11)10-6-8-14(5)9-7-10/h6,8,10H,7,9H2,1-5H3. The van der Waals surface area contributed by atoms with Gasteiger partial charge >= 0.3 is 7.12 Å². The highest BCUT2D eigenvalue weighted by atomic mass is 16.7. The largest absolute Gasteiger partial charge is 0.465 e. The van der Waals surface area contributed by atoms with E-state index >= 15 is 0 Å². The Kier molecular flexibility index (Phi) is 2.83. The molecule has 0 N–H and O–H groups in total. The van der Waals surface area contributed by atoms with Gasteiger partial charge < -0.3 is 14.2 Å². The van der Waals surface area contributed by atoms with Crippen LogP contribution in [-0.4, -0.2) is 36.8 Å². The van der Waals surface area contributed by atoms with Crippen molar-refractivity contribution >= 4 is 7.12 Å². The van der Waals surface area contributed by atoms with Crippen molar-refractivity contribution in [3.63, 3.8) is 0 Å². The fourth-order valence-electron chi connectivity index (χ4n) is 2.07. The molecule has 1 unspecified atom stereocenters. The monoisotopic (exact) mass is 223 g/mol. The second-order valence-electron chi connectivity index (χ2n) is 5.90. The Morgan fingerprint density at radius 3 is 2.19 bits per heavy atom. The van der Waals surface area contributed by atoms with Crippen LogP contribution in [0, 0.1) is 0 Å². The molecule has 2 aliphatic heterocycles. The number of hydrogen-bond acceptors (Lipinski definition) is 3. The Bertz CT molecular complexity index is 285. The predicted octanol–water partition coefficient (Wildman–Crippen LogP) is 2.30. The van der Waals surface area contributed by atoms with E-state index in [0.717, 1.165) is 13.0 Å². The predicted molar refractivity (Wildman–Crippen MR) is 66.2 cm³/mol. The third kappa shape index (κ3) is 2.01. The molecule has 4 heteroatoms. The maximum absolute atomic E-state index is 6.05. The van der Waals surface area contributed by atoms with Gasteiger partial charge in [0, 0.05) is 19.4 Å². The van der Waals surface area contributed by atoms with Crippen LogP contribution in [-0.2, 0) is 9.31 Å². The number of rotatable bonds is 1. The van der Waals surface area contributed by atoms with Gasteiger partial charge in [-0.2, -0.15) is 0 Å². The summed E-state index contributed by atoms with van der Waals surface area (Å²) in [6.07, 6.45) is 5.43. The van der Waals surface area contributed by atoms with Gasteiger partial charge in [-0.3, -0.25) is 0 Å². The summed E-state index contributed by atoms with van der Waals surface area (Å²) in [4.78, 5) is 2.20. The van der Waals surface area contributed by atoms with Crippen molar-refractivity contribution in [2.45, 2.75) is 51.1 Å². The number of nitrogens with zero attached hydrogens (tertiary/aromatic N) is 1. The highest BCUT2D eigenvalue weighted by molar-refractivity contribution is 6.48. The van der Waals surface area contributed by atoms with Crippen molar-refractivity contribution < 1.29 is 9.31 Å². The summed E-state index contributed by atoms with van der Waals surface area (Å²) in [7, 11) is 2.01. The van der Waals surface area contributed by atoms with Crippen LogP contribution in [0.2, 0.25) is 5.82 Å². The highest BCUT2D eigenvalue weighted by Gasteiger charge is 2.53. The molecule has 0 spiro atoms. The third-order valence-electron chi connectivity index (χ3n) is 4.02. The molecular weight excluding hydrogens is 201 g/mol. The molecule has 0 aromatic rings. The van der Waals surface area contributed by atoms with Crippen molar-refractivity contribution in [2.24, 2.45) is 0 Å². The van der Waals surface area contributed by atoms with E-state index in [4.69, 9.17) is 9.31 Å². The van der Waals surface area contributed by atoms with E-state index < -0.39 is 0 Å². The molecule has 0 aromatic heterocycles. The average molecular weight is 223 g/mol. The molecular formula is C12H22BNO2. The van der Waals surface area contributed by atoms with Gasteiger partial charge in [0.25, 0.3) is 0 Å². The molecule has 2 aliphatic rings. The SMILES string of the molecule is CN1C=CC(B2OC(C)(C)C(C)(C)O2)CC1. The van der Waals surface area contributed by atoms with Gasteiger partial charge in [0.05, 0.1) is 11.2 Å². The summed E-state index contributed by atoms with van der Waals surface area (Å²) < 4.78 is 12.1. The zero-order valence-corrected chi connectivity index (χ0v) is 11.0. The van der Waals surface area contributed by atoms with Gasteiger partial charge in [0.15, 0.2) is 0 Å². The lowest BCUT2D eigenvalue weighted by Gasteiger charge is -2.32. The molecule has 1 fully saturated rings. The lowest BCUT2D eigenvalue weighted by Crippen LogP contribution is -2.41. The molecule has 0 aromatic carbocycles.